The summed E-state index contributed by atoms with van der Waals surface area (Å²) in [6.45, 7) is 1.25. The Hall–Kier alpha value is -2.36. The molecule has 2 rings (SSSR count). The number of fused-ring (bicyclic) bond motifs is 1. The molecule has 0 spiro atoms. The van der Waals surface area contributed by atoms with Gasteiger partial charge < -0.3 is 10.2 Å². The van der Waals surface area contributed by atoms with E-state index in [-0.39, 0.29) is 6.42 Å². The van der Waals surface area contributed by atoms with E-state index in [2.05, 4.69) is 0 Å². The SMILES string of the molecule is CC(CCc1cccc2ccccc12)(C(=O)O)C(=O)O. The minimum atomic E-state index is -1.75. The summed E-state index contributed by atoms with van der Waals surface area (Å²) in [6.07, 6.45) is 0.474. The summed E-state index contributed by atoms with van der Waals surface area (Å²) in [5.41, 5.74) is -0.784. The van der Waals surface area contributed by atoms with Crippen LogP contribution in [-0.4, -0.2) is 22.2 Å². The quantitative estimate of drug-likeness (QED) is 0.821. The number of benzene rings is 2. The van der Waals surface area contributed by atoms with Crippen molar-refractivity contribution >= 4 is 22.7 Å². The molecule has 0 fully saturated rings. The van der Waals surface area contributed by atoms with Crippen molar-refractivity contribution in [3.63, 3.8) is 0 Å². The van der Waals surface area contributed by atoms with Gasteiger partial charge in [-0.05, 0) is 36.1 Å². The lowest BCUT2D eigenvalue weighted by Gasteiger charge is -2.19. The van der Waals surface area contributed by atoms with Crippen LogP contribution in [0.2, 0.25) is 0 Å². The summed E-state index contributed by atoms with van der Waals surface area (Å²) in [5, 5.41) is 20.3. The predicted molar refractivity (Wildman–Crippen MR) is 75.6 cm³/mol. The molecular weight excluding hydrogens is 256 g/mol. The molecule has 0 unspecified atom stereocenters. The average molecular weight is 272 g/mol. The molecule has 2 aromatic rings. The van der Waals surface area contributed by atoms with Crippen molar-refractivity contribution in [3.05, 3.63) is 48.0 Å². The van der Waals surface area contributed by atoms with E-state index in [0.29, 0.717) is 6.42 Å². The molecule has 4 nitrogen and oxygen atoms in total. The fraction of sp³-hybridized carbons (Fsp3) is 0.250. The van der Waals surface area contributed by atoms with Crippen LogP contribution in [0.25, 0.3) is 10.8 Å². The zero-order valence-corrected chi connectivity index (χ0v) is 11.2. The highest BCUT2D eigenvalue weighted by atomic mass is 16.4. The van der Waals surface area contributed by atoms with Gasteiger partial charge in [-0.2, -0.15) is 0 Å². The molecule has 20 heavy (non-hydrogen) atoms. The van der Waals surface area contributed by atoms with Crippen LogP contribution in [0, 0.1) is 5.41 Å². The zero-order chi connectivity index (χ0) is 14.8. The van der Waals surface area contributed by atoms with Gasteiger partial charge in [0.05, 0.1) is 0 Å². The maximum Gasteiger partial charge on any atom is 0.320 e. The van der Waals surface area contributed by atoms with Crippen LogP contribution >= 0.6 is 0 Å². The molecule has 0 aromatic heterocycles. The lowest BCUT2D eigenvalue weighted by Crippen LogP contribution is -2.36. The highest BCUT2D eigenvalue weighted by Crippen LogP contribution is 2.27. The second-order valence-electron chi connectivity index (χ2n) is 5.08. The number of aryl methyl sites for hydroxylation is 1. The Labute approximate surface area is 116 Å². The van der Waals surface area contributed by atoms with Crippen molar-refractivity contribution in [2.75, 3.05) is 0 Å². The van der Waals surface area contributed by atoms with Crippen LogP contribution in [0.4, 0.5) is 0 Å². The first-order valence-corrected chi connectivity index (χ1v) is 6.38. The van der Waals surface area contributed by atoms with Crippen molar-refractivity contribution in [1.29, 1.82) is 0 Å². The number of hydrogen-bond donors (Lipinski definition) is 2. The second-order valence-corrected chi connectivity index (χ2v) is 5.08. The first kappa shape index (κ1) is 14.1. The summed E-state index contributed by atoms with van der Waals surface area (Å²) in [6, 6.07) is 13.6. The molecule has 0 radical (unpaired) electrons. The highest BCUT2D eigenvalue weighted by molar-refractivity contribution is 5.97. The van der Waals surface area contributed by atoms with Gasteiger partial charge in [-0.15, -0.1) is 0 Å². The molecule has 2 N–H and O–H groups in total. The molecule has 0 aliphatic rings. The molecule has 0 amide bonds. The van der Waals surface area contributed by atoms with Crippen molar-refractivity contribution < 1.29 is 19.8 Å². The summed E-state index contributed by atoms with van der Waals surface area (Å²) in [4.78, 5) is 22.3. The van der Waals surface area contributed by atoms with Gasteiger partial charge in [0.25, 0.3) is 0 Å². The van der Waals surface area contributed by atoms with Crippen molar-refractivity contribution in [2.45, 2.75) is 19.8 Å². The van der Waals surface area contributed by atoms with E-state index in [9.17, 15) is 9.59 Å². The number of aliphatic carboxylic acids is 2. The molecule has 0 saturated carbocycles. The number of hydrogen-bond acceptors (Lipinski definition) is 2. The maximum atomic E-state index is 11.2. The molecule has 0 aliphatic carbocycles. The smallest absolute Gasteiger partial charge is 0.320 e. The standard InChI is InChI=1S/C16H16O4/c1-16(14(17)18,15(19)20)10-9-12-7-4-6-11-5-2-3-8-13(11)12/h2-8H,9-10H2,1H3,(H,17,18)(H,19,20). The van der Waals surface area contributed by atoms with Crippen LogP contribution in [0.15, 0.2) is 42.5 Å². The van der Waals surface area contributed by atoms with Crippen LogP contribution in [0.1, 0.15) is 18.9 Å². The molecule has 104 valence electrons. The molecule has 0 bridgehead atoms. The molecule has 0 saturated heterocycles. The Balaban J connectivity index is 2.29. The summed E-state index contributed by atoms with van der Waals surface area (Å²) in [7, 11) is 0. The first-order valence-electron chi connectivity index (χ1n) is 6.38. The predicted octanol–water partition coefficient (Wildman–Crippen LogP) is 2.95. The first-order chi connectivity index (χ1) is 9.45. The fourth-order valence-corrected chi connectivity index (χ4v) is 2.20. The second kappa shape index (κ2) is 5.33. The Morgan fingerprint density at radius 2 is 1.60 bits per heavy atom. The fourth-order valence-electron chi connectivity index (χ4n) is 2.20. The molecule has 0 aliphatic heterocycles. The van der Waals surface area contributed by atoms with Crippen LogP contribution in [-0.2, 0) is 16.0 Å². The van der Waals surface area contributed by atoms with Gasteiger partial charge in [-0.25, -0.2) is 0 Å². The third kappa shape index (κ3) is 2.50. The highest BCUT2D eigenvalue weighted by Gasteiger charge is 2.41. The Morgan fingerprint density at radius 1 is 1.00 bits per heavy atom. The van der Waals surface area contributed by atoms with Crippen LogP contribution < -0.4 is 0 Å². The van der Waals surface area contributed by atoms with E-state index in [1.54, 1.807) is 0 Å². The lowest BCUT2D eigenvalue weighted by atomic mass is 9.83. The summed E-state index contributed by atoms with van der Waals surface area (Å²) in [5.74, 6) is -2.60. The topological polar surface area (TPSA) is 74.6 Å². The third-order valence-electron chi connectivity index (χ3n) is 3.72. The van der Waals surface area contributed by atoms with Gasteiger partial charge in [-0.3, -0.25) is 9.59 Å². The molecule has 0 atom stereocenters. The summed E-state index contributed by atoms with van der Waals surface area (Å²) >= 11 is 0. The number of rotatable bonds is 5. The van der Waals surface area contributed by atoms with Gasteiger partial charge in [0.2, 0.25) is 0 Å². The van der Waals surface area contributed by atoms with Crippen molar-refractivity contribution in [2.24, 2.45) is 5.41 Å². The Morgan fingerprint density at radius 3 is 2.25 bits per heavy atom. The van der Waals surface area contributed by atoms with Gasteiger partial charge in [0.15, 0.2) is 5.41 Å². The van der Waals surface area contributed by atoms with E-state index in [0.717, 1.165) is 16.3 Å². The average Bonchev–Trinajstić information content (AvgIpc) is 2.44. The third-order valence-corrected chi connectivity index (χ3v) is 3.72. The van der Waals surface area contributed by atoms with Crippen molar-refractivity contribution in [1.82, 2.24) is 0 Å². The molecule has 0 heterocycles. The van der Waals surface area contributed by atoms with E-state index < -0.39 is 17.4 Å². The van der Waals surface area contributed by atoms with E-state index in [4.69, 9.17) is 10.2 Å². The monoisotopic (exact) mass is 272 g/mol. The van der Waals surface area contributed by atoms with Gasteiger partial charge in [0.1, 0.15) is 0 Å². The number of carboxylic acid groups (broad SMARTS) is 2. The maximum absolute atomic E-state index is 11.2. The van der Waals surface area contributed by atoms with Gasteiger partial charge in [-0.1, -0.05) is 42.5 Å². The van der Waals surface area contributed by atoms with Gasteiger partial charge >= 0.3 is 11.9 Å². The van der Waals surface area contributed by atoms with E-state index >= 15 is 0 Å². The normalized spacial score (nSPS) is 11.4. The molecular formula is C16H16O4. The molecule has 4 heteroatoms. The lowest BCUT2D eigenvalue weighted by molar-refractivity contribution is -0.163. The molecule has 2 aromatic carbocycles. The van der Waals surface area contributed by atoms with Crippen molar-refractivity contribution in [3.8, 4) is 0 Å². The Bertz CT molecular complexity index is 641. The van der Waals surface area contributed by atoms with E-state index in [1.165, 1.54) is 6.92 Å². The van der Waals surface area contributed by atoms with Crippen LogP contribution in [0.5, 0.6) is 0 Å². The minimum Gasteiger partial charge on any atom is -0.480 e. The summed E-state index contributed by atoms with van der Waals surface area (Å²) < 4.78 is 0. The van der Waals surface area contributed by atoms with Crippen LogP contribution in [0.3, 0.4) is 0 Å². The minimum absolute atomic E-state index is 0.0612. The van der Waals surface area contributed by atoms with E-state index in [1.807, 2.05) is 42.5 Å². The zero-order valence-electron chi connectivity index (χ0n) is 11.2. The Kier molecular flexibility index (Phi) is 3.74. The van der Waals surface area contributed by atoms with Gasteiger partial charge in [0, 0.05) is 0 Å². The number of carbonyl (C=O) groups is 2. The number of carboxylic acids is 2. The largest absolute Gasteiger partial charge is 0.480 e.